The Morgan fingerprint density at radius 2 is 1.58 bits per heavy atom. The smallest absolute Gasteiger partial charge is 0.290 e. The van der Waals surface area contributed by atoms with Gasteiger partial charge in [0.05, 0.1) is 23.7 Å². The van der Waals surface area contributed by atoms with E-state index >= 15 is 0 Å². The van der Waals surface area contributed by atoms with Gasteiger partial charge < -0.3 is 9.84 Å². The molecule has 4 rings (SSSR count). The van der Waals surface area contributed by atoms with Gasteiger partial charge in [-0.15, -0.1) is 5.11 Å². The lowest BCUT2D eigenvalue weighted by Gasteiger charge is -2.17. The van der Waals surface area contributed by atoms with Gasteiger partial charge in [0, 0.05) is 0 Å². The number of ether oxygens (including phenoxy) is 1. The van der Waals surface area contributed by atoms with E-state index in [1.54, 1.807) is 36.4 Å². The predicted molar refractivity (Wildman–Crippen MR) is 130 cm³/mol. The van der Waals surface area contributed by atoms with E-state index in [-0.39, 0.29) is 16.3 Å². The Morgan fingerprint density at radius 3 is 2.24 bits per heavy atom. The van der Waals surface area contributed by atoms with Crippen molar-refractivity contribution >= 4 is 23.6 Å². The third kappa shape index (κ3) is 4.47. The topological polar surface area (TPSA) is 81.1 Å². The van der Waals surface area contributed by atoms with Crippen molar-refractivity contribution in [2.24, 2.45) is 10.2 Å². The summed E-state index contributed by atoms with van der Waals surface area (Å²) in [5, 5.41) is 19.4. The predicted octanol–water partition coefficient (Wildman–Crippen LogP) is 6.19. The molecule has 1 N–H and O–H groups in total. The van der Waals surface area contributed by atoms with E-state index < -0.39 is 5.56 Å². The number of aromatic hydroxyl groups is 1. The second kappa shape index (κ2) is 9.62. The molecule has 0 aliphatic heterocycles. The zero-order valence-corrected chi connectivity index (χ0v) is 19.0. The number of azo groups is 1. The second-order valence-electron chi connectivity index (χ2n) is 7.18. The summed E-state index contributed by atoms with van der Waals surface area (Å²) in [5.41, 5.74) is 1.80. The molecule has 4 aromatic rings. The molecule has 0 unspecified atom stereocenters. The van der Waals surface area contributed by atoms with Crippen LogP contribution in [-0.2, 0) is 0 Å². The third-order valence-corrected chi connectivity index (χ3v) is 5.36. The first-order valence-electron chi connectivity index (χ1n) is 10.4. The van der Waals surface area contributed by atoms with Gasteiger partial charge in [-0.1, -0.05) is 36.4 Å². The van der Waals surface area contributed by atoms with E-state index in [4.69, 9.17) is 17.0 Å². The number of nitrogens with zero attached hydrogens (tertiary/aromatic N) is 4. The minimum absolute atomic E-state index is 0.123. The van der Waals surface area contributed by atoms with Crippen LogP contribution in [0.1, 0.15) is 12.5 Å². The lowest BCUT2D eigenvalue weighted by molar-refractivity contribution is 0.340. The molecule has 0 aliphatic rings. The quantitative estimate of drug-likeness (QED) is 0.276. The largest absolute Gasteiger partial charge is 0.494 e. The summed E-state index contributed by atoms with van der Waals surface area (Å²) in [6, 6.07) is 23.4. The molecule has 0 fully saturated rings. The van der Waals surface area contributed by atoms with E-state index in [1.807, 2.05) is 56.3 Å². The average molecular weight is 459 g/mol. The molecule has 33 heavy (non-hydrogen) atoms. The molecular formula is C25H22N4O3S. The van der Waals surface area contributed by atoms with E-state index in [2.05, 4.69) is 10.2 Å². The van der Waals surface area contributed by atoms with Crippen molar-refractivity contribution in [1.82, 2.24) is 9.13 Å². The second-order valence-corrected chi connectivity index (χ2v) is 7.54. The van der Waals surface area contributed by atoms with Crippen LogP contribution in [0.3, 0.4) is 0 Å². The zero-order chi connectivity index (χ0) is 23.4. The Kier molecular flexibility index (Phi) is 6.46. The van der Waals surface area contributed by atoms with Crippen molar-refractivity contribution in [2.75, 3.05) is 6.61 Å². The van der Waals surface area contributed by atoms with Crippen molar-refractivity contribution in [3.63, 3.8) is 0 Å². The van der Waals surface area contributed by atoms with E-state index in [0.29, 0.717) is 29.4 Å². The average Bonchev–Trinajstić information content (AvgIpc) is 2.82. The number of aromatic nitrogens is 2. The van der Waals surface area contributed by atoms with Gasteiger partial charge in [-0.3, -0.25) is 13.9 Å². The first kappa shape index (κ1) is 22.2. The first-order chi connectivity index (χ1) is 16.0. The summed E-state index contributed by atoms with van der Waals surface area (Å²) >= 11 is 5.65. The molecule has 0 radical (unpaired) electrons. The number of para-hydroxylation sites is 2. The van der Waals surface area contributed by atoms with Gasteiger partial charge >= 0.3 is 0 Å². The number of rotatable bonds is 6. The number of aryl methyl sites for hydroxylation is 1. The summed E-state index contributed by atoms with van der Waals surface area (Å²) < 4.78 is 8.34. The van der Waals surface area contributed by atoms with Crippen LogP contribution >= 0.6 is 12.2 Å². The Morgan fingerprint density at radius 1 is 0.909 bits per heavy atom. The van der Waals surface area contributed by atoms with Gasteiger partial charge in [0.25, 0.3) is 5.56 Å². The molecule has 0 spiro atoms. The Balaban J connectivity index is 1.93. The number of hydrogen-bond acceptors (Lipinski definition) is 6. The molecule has 0 bridgehead atoms. The van der Waals surface area contributed by atoms with Crippen LogP contribution in [0, 0.1) is 11.7 Å². The minimum Gasteiger partial charge on any atom is -0.494 e. The van der Waals surface area contributed by atoms with Crippen molar-refractivity contribution in [1.29, 1.82) is 0 Å². The Labute approximate surface area is 195 Å². The molecular weight excluding hydrogens is 436 g/mol. The minimum atomic E-state index is -0.566. The van der Waals surface area contributed by atoms with Crippen molar-refractivity contribution < 1.29 is 9.84 Å². The fourth-order valence-electron chi connectivity index (χ4n) is 3.39. The summed E-state index contributed by atoms with van der Waals surface area (Å²) in [4.78, 5) is 13.4. The lowest BCUT2D eigenvalue weighted by atomic mass is 10.2. The molecule has 166 valence electrons. The van der Waals surface area contributed by atoms with Gasteiger partial charge in [-0.25, -0.2) is 0 Å². The molecule has 7 nitrogen and oxygen atoms in total. The monoisotopic (exact) mass is 458 g/mol. The molecule has 1 heterocycles. The van der Waals surface area contributed by atoms with Crippen molar-refractivity contribution in [3.05, 3.63) is 99.6 Å². The molecule has 0 amide bonds. The van der Waals surface area contributed by atoms with Crippen LogP contribution < -0.4 is 10.3 Å². The summed E-state index contributed by atoms with van der Waals surface area (Å²) in [6.45, 7) is 4.36. The van der Waals surface area contributed by atoms with E-state index in [1.165, 1.54) is 9.13 Å². The van der Waals surface area contributed by atoms with Crippen LogP contribution in [0.2, 0.25) is 0 Å². The van der Waals surface area contributed by atoms with Crippen molar-refractivity contribution in [2.45, 2.75) is 13.8 Å². The SMILES string of the molecule is CCOc1ccc(N=Nc2c(O)n(-c3ccccc3C)c(=S)n(-c3ccccc3)c2=O)cc1. The summed E-state index contributed by atoms with van der Waals surface area (Å²) in [6.07, 6.45) is 0. The molecule has 0 saturated carbocycles. The normalized spacial score (nSPS) is 11.1. The highest BCUT2D eigenvalue weighted by Gasteiger charge is 2.20. The fourth-order valence-corrected chi connectivity index (χ4v) is 3.77. The number of benzene rings is 3. The molecule has 0 atom stereocenters. The molecule has 0 saturated heterocycles. The van der Waals surface area contributed by atoms with Crippen LogP contribution in [0.4, 0.5) is 11.4 Å². The van der Waals surface area contributed by atoms with Gasteiger partial charge in [-0.05, 0) is 74.1 Å². The maximum absolute atomic E-state index is 13.4. The van der Waals surface area contributed by atoms with Gasteiger partial charge in [0.15, 0.2) is 4.77 Å². The molecule has 0 aliphatic carbocycles. The molecule has 1 aromatic heterocycles. The third-order valence-electron chi connectivity index (χ3n) is 5.00. The molecule has 3 aromatic carbocycles. The van der Waals surface area contributed by atoms with E-state index in [9.17, 15) is 9.90 Å². The van der Waals surface area contributed by atoms with Gasteiger partial charge in [0.2, 0.25) is 11.6 Å². The van der Waals surface area contributed by atoms with Crippen LogP contribution in [0.25, 0.3) is 11.4 Å². The standard InChI is InChI=1S/C25H22N4O3S/c1-3-32-20-15-13-18(14-16-20)26-27-22-23(30)28(19-10-5-4-6-11-19)25(33)29(24(22)31)21-12-8-7-9-17(21)2/h4-16,31H,3H2,1-2H3. The van der Waals surface area contributed by atoms with Crippen LogP contribution in [-0.4, -0.2) is 20.8 Å². The van der Waals surface area contributed by atoms with Crippen LogP contribution in [0.15, 0.2) is 93.9 Å². The lowest BCUT2D eigenvalue weighted by Crippen LogP contribution is -2.23. The maximum Gasteiger partial charge on any atom is 0.290 e. The highest BCUT2D eigenvalue weighted by molar-refractivity contribution is 7.71. The first-order valence-corrected chi connectivity index (χ1v) is 10.8. The summed E-state index contributed by atoms with van der Waals surface area (Å²) in [7, 11) is 0. The van der Waals surface area contributed by atoms with E-state index in [0.717, 1.165) is 5.56 Å². The van der Waals surface area contributed by atoms with Crippen LogP contribution in [0.5, 0.6) is 11.6 Å². The van der Waals surface area contributed by atoms with Gasteiger partial charge in [0.1, 0.15) is 5.75 Å². The highest BCUT2D eigenvalue weighted by Crippen LogP contribution is 2.30. The maximum atomic E-state index is 13.4. The summed E-state index contributed by atoms with van der Waals surface area (Å²) in [5.74, 6) is 0.333. The fraction of sp³-hybridized carbons (Fsp3) is 0.120. The van der Waals surface area contributed by atoms with Gasteiger partial charge in [-0.2, -0.15) is 5.11 Å². The zero-order valence-electron chi connectivity index (χ0n) is 18.2. The Hall–Kier alpha value is -4.04. The van der Waals surface area contributed by atoms with Crippen molar-refractivity contribution in [3.8, 4) is 23.0 Å². The Bertz CT molecular complexity index is 1430. The number of hydrogen-bond donors (Lipinski definition) is 1. The molecule has 8 heteroatoms. The highest BCUT2D eigenvalue weighted by atomic mass is 32.1.